The zero-order chi connectivity index (χ0) is 17.3. The van der Waals surface area contributed by atoms with Crippen LogP contribution >= 0.6 is 0 Å². The summed E-state index contributed by atoms with van der Waals surface area (Å²) in [4.78, 5) is 0. The Hall–Kier alpha value is -2.72. The summed E-state index contributed by atoms with van der Waals surface area (Å²) < 4.78 is 45.9. The molecular formula is C17H14F3N3O. The predicted molar refractivity (Wildman–Crippen MR) is 83.6 cm³/mol. The summed E-state index contributed by atoms with van der Waals surface area (Å²) in [5.74, 6) is 0.319. The Morgan fingerprint density at radius 3 is 2.71 bits per heavy atom. The molecule has 4 nitrogen and oxygen atoms in total. The quantitative estimate of drug-likeness (QED) is 0.884. The van der Waals surface area contributed by atoms with Gasteiger partial charge in [0, 0.05) is 12.1 Å². The number of rotatable bonds is 2. The number of nitrogens with one attached hydrogen (secondary N) is 1. The molecule has 0 radical (unpaired) electrons. The molecule has 1 aliphatic rings. The zero-order valence-corrected chi connectivity index (χ0v) is 12.5. The minimum atomic E-state index is -4.54. The molecule has 0 amide bonds. The average Bonchev–Trinajstić information content (AvgIpc) is 2.59. The zero-order valence-electron chi connectivity index (χ0n) is 12.5. The van der Waals surface area contributed by atoms with E-state index in [0.717, 1.165) is 12.1 Å². The lowest BCUT2D eigenvalue weighted by Gasteiger charge is -2.29. The molecule has 0 aromatic heterocycles. The Kier molecular flexibility index (Phi) is 4.08. The van der Waals surface area contributed by atoms with E-state index in [-0.39, 0.29) is 29.3 Å². The van der Waals surface area contributed by atoms with Gasteiger partial charge in [-0.3, -0.25) is 0 Å². The molecule has 124 valence electrons. The van der Waals surface area contributed by atoms with Crippen molar-refractivity contribution in [2.45, 2.75) is 12.3 Å². The molecule has 1 heterocycles. The third kappa shape index (κ3) is 2.88. The smallest absolute Gasteiger partial charge is 0.417 e. The lowest BCUT2D eigenvalue weighted by molar-refractivity contribution is -0.137. The second-order valence-corrected chi connectivity index (χ2v) is 5.41. The van der Waals surface area contributed by atoms with Crippen molar-refractivity contribution < 1.29 is 17.9 Å². The Balaban J connectivity index is 2.22. The summed E-state index contributed by atoms with van der Waals surface area (Å²) in [6.45, 7) is 0.725. The van der Waals surface area contributed by atoms with Crippen molar-refractivity contribution in [2.75, 3.05) is 18.4 Å². The molecular weight excluding hydrogens is 319 g/mol. The number of nitrogens with two attached hydrogens (primary N) is 1. The van der Waals surface area contributed by atoms with Crippen molar-refractivity contribution >= 4 is 5.69 Å². The van der Waals surface area contributed by atoms with Crippen molar-refractivity contribution in [3.63, 3.8) is 0 Å². The number of benzene rings is 2. The van der Waals surface area contributed by atoms with Crippen LogP contribution in [-0.4, -0.2) is 19.2 Å². The molecule has 24 heavy (non-hydrogen) atoms. The summed E-state index contributed by atoms with van der Waals surface area (Å²) in [5.41, 5.74) is 5.74. The maximum atomic E-state index is 13.4. The number of nitriles is 1. The summed E-state index contributed by atoms with van der Waals surface area (Å²) in [6.07, 6.45) is -4.87. The highest BCUT2D eigenvalue weighted by Gasteiger charge is 2.35. The lowest BCUT2D eigenvalue weighted by Crippen LogP contribution is -2.37. The second kappa shape index (κ2) is 6.06. The minimum Gasteiger partial charge on any atom is -0.484 e. The third-order valence-electron chi connectivity index (χ3n) is 3.83. The fourth-order valence-electron chi connectivity index (χ4n) is 2.66. The van der Waals surface area contributed by atoms with E-state index in [0.29, 0.717) is 18.0 Å². The number of fused-ring (bicyclic) bond motifs is 1. The van der Waals surface area contributed by atoms with Gasteiger partial charge in [0.1, 0.15) is 6.10 Å². The highest BCUT2D eigenvalue weighted by Crippen LogP contribution is 2.44. The topological polar surface area (TPSA) is 71.1 Å². The van der Waals surface area contributed by atoms with Crippen LogP contribution in [0.15, 0.2) is 36.4 Å². The molecule has 2 aromatic carbocycles. The van der Waals surface area contributed by atoms with Crippen LogP contribution in [-0.2, 0) is 6.18 Å². The molecule has 1 aliphatic heterocycles. The van der Waals surface area contributed by atoms with Crippen molar-refractivity contribution in [3.05, 3.63) is 47.5 Å². The van der Waals surface area contributed by atoms with E-state index in [9.17, 15) is 13.2 Å². The highest BCUT2D eigenvalue weighted by atomic mass is 19.4. The van der Waals surface area contributed by atoms with Crippen molar-refractivity contribution in [3.8, 4) is 22.9 Å². The molecule has 3 N–H and O–H groups in total. The van der Waals surface area contributed by atoms with E-state index in [4.69, 9.17) is 15.7 Å². The number of ether oxygens (including phenoxy) is 1. The first-order chi connectivity index (χ1) is 11.4. The van der Waals surface area contributed by atoms with Crippen molar-refractivity contribution in [1.29, 1.82) is 5.26 Å². The van der Waals surface area contributed by atoms with E-state index in [1.165, 1.54) is 6.07 Å². The van der Waals surface area contributed by atoms with Crippen LogP contribution in [0.4, 0.5) is 18.9 Å². The number of halogens is 3. The van der Waals surface area contributed by atoms with E-state index in [1.807, 2.05) is 6.07 Å². The molecule has 7 heteroatoms. The van der Waals surface area contributed by atoms with E-state index >= 15 is 0 Å². The van der Waals surface area contributed by atoms with E-state index in [2.05, 4.69) is 5.32 Å². The first-order valence-electron chi connectivity index (χ1n) is 7.29. The lowest BCUT2D eigenvalue weighted by atomic mass is 9.95. The van der Waals surface area contributed by atoms with Crippen LogP contribution in [0, 0.1) is 11.3 Å². The van der Waals surface area contributed by atoms with Gasteiger partial charge in [0.2, 0.25) is 0 Å². The number of nitrogens with zero attached hydrogens (tertiary/aromatic N) is 1. The molecule has 0 spiro atoms. The molecule has 1 unspecified atom stereocenters. The Bertz CT molecular complexity index is 812. The fraction of sp³-hybridized carbons (Fsp3) is 0.235. The maximum Gasteiger partial charge on any atom is 0.417 e. The monoisotopic (exact) mass is 333 g/mol. The Morgan fingerprint density at radius 1 is 1.25 bits per heavy atom. The number of para-hydroxylation sites is 1. The number of hydrogen-bond acceptors (Lipinski definition) is 4. The normalized spacial score (nSPS) is 16.5. The Morgan fingerprint density at radius 2 is 2.04 bits per heavy atom. The van der Waals surface area contributed by atoms with Crippen LogP contribution in [0.2, 0.25) is 0 Å². The van der Waals surface area contributed by atoms with Crippen LogP contribution in [0.5, 0.6) is 5.75 Å². The second-order valence-electron chi connectivity index (χ2n) is 5.41. The maximum absolute atomic E-state index is 13.4. The third-order valence-corrected chi connectivity index (χ3v) is 3.83. The summed E-state index contributed by atoms with van der Waals surface area (Å²) in [5, 5.41) is 12.1. The van der Waals surface area contributed by atoms with Gasteiger partial charge in [0.25, 0.3) is 0 Å². The van der Waals surface area contributed by atoms with Crippen LogP contribution < -0.4 is 15.8 Å². The van der Waals surface area contributed by atoms with Crippen molar-refractivity contribution in [2.24, 2.45) is 5.73 Å². The molecule has 2 aromatic rings. The summed E-state index contributed by atoms with van der Waals surface area (Å²) in [6, 6.07) is 10.1. The van der Waals surface area contributed by atoms with Crippen molar-refractivity contribution in [1.82, 2.24) is 0 Å². The van der Waals surface area contributed by atoms with Gasteiger partial charge in [0.15, 0.2) is 5.75 Å². The van der Waals surface area contributed by atoms with Gasteiger partial charge >= 0.3 is 6.18 Å². The highest BCUT2D eigenvalue weighted by molar-refractivity contribution is 5.81. The largest absolute Gasteiger partial charge is 0.484 e. The minimum absolute atomic E-state index is 0.0853. The van der Waals surface area contributed by atoms with Gasteiger partial charge < -0.3 is 15.8 Å². The van der Waals surface area contributed by atoms with Gasteiger partial charge in [-0.05, 0) is 29.8 Å². The molecule has 0 saturated carbocycles. The first-order valence-corrected chi connectivity index (χ1v) is 7.29. The van der Waals surface area contributed by atoms with Crippen LogP contribution in [0.1, 0.15) is 11.1 Å². The van der Waals surface area contributed by atoms with Gasteiger partial charge in [0.05, 0.1) is 29.4 Å². The van der Waals surface area contributed by atoms with Gasteiger partial charge in [-0.2, -0.15) is 18.4 Å². The standard InChI is InChI=1S/C17H14F3N3O/c18-17(19,20)14-5-4-10(7-21)6-13(14)12-2-1-3-15-16(12)24-11(8-22)9-23-15/h1-6,11,23H,8-9,22H2. The van der Waals surface area contributed by atoms with Gasteiger partial charge in [-0.25, -0.2) is 0 Å². The van der Waals surface area contributed by atoms with E-state index in [1.54, 1.807) is 18.2 Å². The van der Waals surface area contributed by atoms with Crippen LogP contribution in [0.3, 0.4) is 0 Å². The molecule has 0 aliphatic carbocycles. The number of alkyl halides is 3. The summed E-state index contributed by atoms with van der Waals surface area (Å²) in [7, 11) is 0. The van der Waals surface area contributed by atoms with Gasteiger partial charge in [-0.1, -0.05) is 12.1 Å². The predicted octanol–water partition coefficient (Wildman–Crippen LogP) is 3.38. The molecule has 0 fully saturated rings. The Labute approximate surface area is 136 Å². The SMILES string of the molecule is N#Cc1ccc(C(F)(F)F)c(-c2cccc3c2OC(CN)CN3)c1. The average molecular weight is 333 g/mol. The van der Waals surface area contributed by atoms with Gasteiger partial charge in [-0.15, -0.1) is 0 Å². The molecule has 1 atom stereocenters. The fourth-order valence-corrected chi connectivity index (χ4v) is 2.66. The number of hydrogen-bond donors (Lipinski definition) is 2. The summed E-state index contributed by atoms with van der Waals surface area (Å²) >= 11 is 0. The first kappa shape index (κ1) is 16.1. The molecule has 3 rings (SSSR count). The van der Waals surface area contributed by atoms with Crippen LogP contribution in [0.25, 0.3) is 11.1 Å². The molecule has 0 bridgehead atoms. The molecule has 0 saturated heterocycles. The number of anilines is 1. The van der Waals surface area contributed by atoms with E-state index < -0.39 is 11.7 Å².